The van der Waals surface area contributed by atoms with Gasteiger partial charge in [-0.25, -0.2) is 4.98 Å². The van der Waals surface area contributed by atoms with Crippen molar-refractivity contribution in [2.45, 2.75) is 83.1 Å². The summed E-state index contributed by atoms with van der Waals surface area (Å²) in [6.07, 6.45) is 0.434. The van der Waals surface area contributed by atoms with Crippen LogP contribution in [0.25, 0.3) is 11.3 Å². The SMILES string of the molecule is Cc1ncsc1[C@H](C)NC(=O)[C@@H]1C[C@@H](O)CN1C(=O)[C@@H](c1cc(OCCN2CCC(N3CCN4c5cc(-c6ccccc6O)nnc5NCC4(C)C3)C2)no1)C(C)C. The number of likely N-dealkylation sites (tertiary alicyclic amines) is 2. The number of thiazole rings is 1. The number of nitrogens with zero attached hydrogens (tertiary/aromatic N) is 8. The maximum Gasteiger partial charge on any atom is 0.254 e. The molecule has 1 aromatic carbocycles. The summed E-state index contributed by atoms with van der Waals surface area (Å²) in [5.74, 6) is 0.206. The molecule has 0 spiro atoms. The Morgan fingerprint density at radius 2 is 1.97 bits per heavy atom. The molecular formula is C41H54N10O6S. The summed E-state index contributed by atoms with van der Waals surface area (Å²) in [7, 11) is 0. The van der Waals surface area contributed by atoms with Crippen molar-refractivity contribution in [1.29, 1.82) is 0 Å². The van der Waals surface area contributed by atoms with Crippen LogP contribution >= 0.6 is 11.3 Å². The van der Waals surface area contributed by atoms with Gasteiger partial charge in [0.25, 0.3) is 5.88 Å². The number of piperazine rings is 1. The molecule has 3 saturated heterocycles. The highest BCUT2D eigenvalue weighted by atomic mass is 32.1. The molecule has 3 fully saturated rings. The van der Waals surface area contributed by atoms with Gasteiger partial charge in [0.2, 0.25) is 11.8 Å². The number of phenols is 1. The van der Waals surface area contributed by atoms with Crippen LogP contribution in [0.1, 0.15) is 68.8 Å². The monoisotopic (exact) mass is 814 g/mol. The van der Waals surface area contributed by atoms with Gasteiger partial charge < -0.3 is 39.9 Å². The molecule has 310 valence electrons. The quantitative estimate of drug-likeness (QED) is 0.163. The minimum absolute atomic E-state index is 0.0686. The molecule has 4 N–H and O–H groups in total. The van der Waals surface area contributed by atoms with E-state index in [1.54, 1.807) is 23.7 Å². The number of aliphatic hydroxyl groups is 1. The molecule has 3 aromatic heterocycles. The number of aliphatic hydroxyl groups excluding tert-OH is 1. The summed E-state index contributed by atoms with van der Waals surface area (Å²) < 4.78 is 11.8. The molecule has 0 bridgehead atoms. The van der Waals surface area contributed by atoms with Crippen LogP contribution in [0.5, 0.6) is 11.6 Å². The Kier molecular flexibility index (Phi) is 11.3. The first-order valence-corrected chi connectivity index (χ1v) is 21.2. The number of carbonyl (C=O) groups excluding carboxylic acids is 2. The van der Waals surface area contributed by atoms with E-state index in [4.69, 9.17) is 9.26 Å². The molecule has 0 saturated carbocycles. The van der Waals surface area contributed by atoms with Crippen LogP contribution in [-0.2, 0) is 9.59 Å². The minimum atomic E-state index is -0.804. The topological polar surface area (TPSA) is 186 Å². The van der Waals surface area contributed by atoms with Crippen LogP contribution in [0, 0.1) is 12.8 Å². The molecule has 4 aliphatic heterocycles. The smallest absolute Gasteiger partial charge is 0.254 e. The van der Waals surface area contributed by atoms with E-state index < -0.39 is 18.1 Å². The molecule has 6 atom stereocenters. The first kappa shape index (κ1) is 40.0. The van der Waals surface area contributed by atoms with Gasteiger partial charge in [0.05, 0.1) is 40.3 Å². The number of anilines is 2. The van der Waals surface area contributed by atoms with Gasteiger partial charge in [0, 0.05) is 74.8 Å². The molecule has 2 amide bonds. The standard InChI is InChI=1S/C41H54N10O6S/c1-24(2)36(40(55)50-20-28(52)16-32(50)39(54)44-26(4)37-25(3)43-23-58-37)34-18-35(47-57-34)56-15-14-48-11-10-27(19-48)49-12-13-51-31-17-30(29-8-6-7-9-33(29)53)45-46-38(31)42-21-41(51,5)22-49/h6-9,17-18,23-24,26-28,32,36,52-53H,10-16,19-22H2,1-5H3,(H,42,46)(H,44,54)/t26-,27?,28+,32-,36+,41?/m0/s1. The number of amides is 2. The van der Waals surface area contributed by atoms with Crippen molar-refractivity contribution in [3.05, 3.63) is 58.2 Å². The summed E-state index contributed by atoms with van der Waals surface area (Å²) in [6.45, 7) is 16.6. The van der Waals surface area contributed by atoms with Gasteiger partial charge >= 0.3 is 0 Å². The van der Waals surface area contributed by atoms with Crippen LogP contribution in [0.15, 0.2) is 46.4 Å². The number of carbonyl (C=O) groups is 2. The Bertz CT molecular complexity index is 2110. The van der Waals surface area contributed by atoms with Crippen molar-refractivity contribution >= 4 is 34.7 Å². The van der Waals surface area contributed by atoms with Crippen LogP contribution < -0.4 is 20.3 Å². The lowest BCUT2D eigenvalue weighted by molar-refractivity contribution is -0.141. The first-order chi connectivity index (χ1) is 27.9. The second-order valence-corrected chi connectivity index (χ2v) is 17.6. The molecule has 7 heterocycles. The van der Waals surface area contributed by atoms with Gasteiger partial charge in [0.1, 0.15) is 24.3 Å². The van der Waals surface area contributed by atoms with Crippen LogP contribution in [0.2, 0.25) is 0 Å². The Hall–Kier alpha value is -4.84. The maximum absolute atomic E-state index is 14.1. The summed E-state index contributed by atoms with van der Waals surface area (Å²) in [5, 5.41) is 40.6. The molecule has 17 heteroatoms. The van der Waals surface area contributed by atoms with E-state index >= 15 is 0 Å². The molecule has 16 nitrogen and oxygen atoms in total. The number of aromatic nitrogens is 4. The Labute approximate surface area is 342 Å². The first-order valence-electron chi connectivity index (χ1n) is 20.3. The van der Waals surface area contributed by atoms with Gasteiger partial charge in [-0.2, -0.15) is 0 Å². The lowest BCUT2D eigenvalue weighted by Crippen LogP contribution is -2.67. The van der Waals surface area contributed by atoms with E-state index in [0.717, 1.165) is 74.3 Å². The van der Waals surface area contributed by atoms with E-state index in [1.807, 2.05) is 45.9 Å². The number of nitrogens with one attached hydrogen (secondary N) is 2. The van der Waals surface area contributed by atoms with E-state index in [2.05, 4.69) is 52.6 Å². The summed E-state index contributed by atoms with van der Waals surface area (Å²) in [4.78, 5) is 41.7. The minimum Gasteiger partial charge on any atom is -0.507 e. The summed E-state index contributed by atoms with van der Waals surface area (Å²) in [5.41, 5.74) is 4.81. The van der Waals surface area contributed by atoms with Crippen molar-refractivity contribution in [1.82, 2.24) is 40.4 Å². The van der Waals surface area contributed by atoms with Crippen molar-refractivity contribution in [2.24, 2.45) is 5.92 Å². The number of fused-ring (bicyclic) bond motifs is 3. The number of β-amino-alcohol motifs (C(OH)–C–C–N with tert-alkyl or cyclic N) is 1. The summed E-state index contributed by atoms with van der Waals surface area (Å²) >= 11 is 1.47. The maximum atomic E-state index is 14.1. The second kappa shape index (κ2) is 16.4. The summed E-state index contributed by atoms with van der Waals surface area (Å²) in [6, 6.07) is 10.3. The fourth-order valence-corrected chi connectivity index (χ4v) is 10.00. The lowest BCUT2D eigenvalue weighted by Gasteiger charge is -2.54. The zero-order chi connectivity index (χ0) is 40.7. The normalized spacial score (nSPS) is 24.6. The lowest BCUT2D eigenvalue weighted by atomic mass is 9.91. The highest BCUT2D eigenvalue weighted by molar-refractivity contribution is 7.09. The third-order valence-electron chi connectivity index (χ3n) is 12.3. The van der Waals surface area contributed by atoms with Crippen LogP contribution in [0.4, 0.5) is 11.5 Å². The van der Waals surface area contributed by atoms with Gasteiger partial charge in [0.15, 0.2) is 11.6 Å². The molecule has 8 rings (SSSR count). The van der Waals surface area contributed by atoms with Gasteiger partial charge in [-0.3, -0.25) is 19.4 Å². The average Bonchev–Trinajstić information content (AvgIpc) is 4.03. The van der Waals surface area contributed by atoms with E-state index in [-0.39, 0.29) is 48.0 Å². The Morgan fingerprint density at radius 1 is 1.14 bits per heavy atom. The molecule has 58 heavy (non-hydrogen) atoms. The number of hydrogen-bond acceptors (Lipinski definition) is 15. The molecule has 4 aromatic rings. The van der Waals surface area contributed by atoms with Crippen LogP contribution in [-0.4, -0.2) is 140 Å². The van der Waals surface area contributed by atoms with Gasteiger partial charge in [-0.05, 0) is 63.0 Å². The number of ether oxygens (including phenoxy) is 1. The van der Waals surface area contributed by atoms with Crippen LogP contribution in [0.3, 0.4) is 0 Å². The number of para-hydroxylation sites is 1. The third-order valence-corrected chi connectivity index (χ3v) is 13.4. The molecule has 4 aliphatic rings. The fourth-order valence-electron chi connectivity index (χ4n) is 9.18. The number of phenolic OH excluding ortho intramolecular Hbond substituents is 1. The number of benzene rings is 1. The number of aromatic hydroxyl groups is 1. The third kappa shape index (κ3) is 7.96. The Morgan fingerprint density at radius 3 is 2.74 bits per heavy atom. The molecular weight excluding hydrogens is 761 g/mol. The zero-order valence-corrected chi connectivity index (χ0v) is 34.6. The number of rotatable bonds is 12. The zero-order valence-electron chi connectivity index (χ0n) is 33.8. The largest absolute Gasteiger partial charge is 0.507 e. The van der Waals surface area contributed by atoms with Gasteiger partial charge in [-0.1, -0.05) is 26.0 Å². The average molecular weight is 815 g/mol. The predicted octanol–water partition coefficient (Wildman–Crippen LogP) is 3.64. The number of aryl methyl sites for hydroxylation is 1. The molecule has 0 aliphatic carbocycles. The number of hydrogen-bond donors (Lipinski definition) is 4. The van der Waals surface area contributed by atoms with Gasteiger partial charge in [-0.15, -0.1) is 21.5 Å². The van der Waals surface area contributed by atoms with E-state index in [9.17, 15) is 19.8 Å². The highest BCUT2D eigenvalue weighted by Crippen LogP contribution is 2.40. The van der Waals surface area contributed by atoms with E-state index in [1.165, 1.54) is 16.2 Å². The van der Waals surface area contributed by atoms with Crippen molar-refractivity contribution in [3.8, 4) is 22.9 Å². The fraction of sp³-hybridized carbons (Fsp3) is 0.561. The predicted molar refractivity (Wildman–Crippen MR) is 219 cm³/mol. The molecule has 2 unspecified atom stereocenters. The van der Waals surface area contributed by atoms with Crippen molar-refractivity contribution < 1.29 is 29.1 Å². The highest BCUT2D eigenvalue weighted by Gasteiger charge is 2.46. The van der Waals surface area contributed by atoms with Crippen molar-refractivity contribution in [3.63, 3.8) is 0 Å². The van der Waals surface area contributed by atoms with Crippen molar-refractivity contribution in [2.75, 3.05) is 69.2 Å². The Balaban J connectivity index is 0.837. The molecule has 0 radical (unpaired) electrons. The second-order valence-electron chi connectivity index (χ2n) is 16.8. The van der Waals surface area contributed by atoms with E-state index in [0.29, 0.717) is 35.5 Å².